The number of nitrogens with zero attached hydrogens (tertiary/aromatic N) is 4. The maximum atomic E-state index is 5.49. The lowest BCUT2D eigenvalue weighted by molar-refractivity contribution is 0.848. The molecule has 6 nitrogen and oxygen atoms in total. The first kappa shape index (κ1) is 27.0. The highest BCUT2D eigenvalue weighted by molar-refractivity contribution is 5.33. The second-order valence-electron chi connectivity index (χ2n) is 7.64. The molecule has 0 aromatic carbocycles. The van der Waals surface area contributed by atoms with Crippen LogP contribution in [0.5, 0.6) is 0 Å². The van der Waals surface area contributed by atoms with Gasteiger partial charge in [0.25, 0.3) is 0 Å². The number of rotatable bonds is 3. The quantitative estimate of drug-likeness (QED) is 0.564. The lowest BCUT2D eigenvalue weighted by Gasteiger charge is -2.03. The fraction of sp³-hybridized carbons (Fsp3) is 0.417. The standard InChI is InChI=1S/C8H12N2.C8H11N.C7H11N3.CH4/c1-6(2)7-3-4-10-8(9)5-7;1-7(2)8-4-3-5-9-6-8;1-5(2)6-3-9-7(8)10-4-6;/h3-6H,1-2H3,(H2,9,10);3-7H,1-2H3;3-5H,1-2H3,(H2,8,9,10);1H4. The van der Waals surface area contributed by atoms with Crippen LogP contribution in [0.15, 0.2) is 55.2 Å². The first-order chi connectivity index (χ1) is 13.7. The third-order valence-corrected chi connectivity index (χ3v) is 4.18. The van der Waals surface area contributed by atoms with Gasteiger partial charge in [0.05, 0.1) is 0 Å². The van der Waals surface area contributed by atoms with E-state index in [4.69, 9.17) is 11.5 Å². The van der Waals surface area contributed by atoms with E-state index in [1.54, 1.807) is 24.8 Å². The van der Waals surface area contributed by atoms with E-state index in [1.807, 2.05) is 24.4 Å². The number of aromatic nitrogens is 4. The second kappa shape index (κ2) is 14.0. The molecular weight excluding hydrogens is 372 g/mol. The molecule has 30 heavy (non-hydrogen) atoms. The van der Waals surface area contributed by atoms with Crippen LogP contribution < -0.4 is 11.5 Å². The third kappa shape index (κ3) is 10.5. The summed E-state index contributed by atoms with van der Waals surface area (Å²) in [5, 5.41) is 0. The van der Waals surface area contributed by atoms with Gasteiger partial charge in [-0.05, 0) is 52.6 Å². The van der Waals surface area contributed by atoms with E-state index in [0.717, 1.165) is 5.56 Å². The molecule has 3 aromatic heterocycles. The molecule has 6 heteroatoms. The molecule has 3 heterocycles. The maximum absolute atomic E-state index is 5.49. The Morgan fingerprint density at radius 2 is 1.23 bits per heavy atom. The molecular formula is C24H38N6. The molecule has 0 spiro atoms. The van der Waals surface area contributed by atoms with Gasteiger partial charge in [-0.1, -0.05) is 55.0 Å². The van der Waals surface area contributed by atoms with E-state index in [2.05, 4.69) is 67.5 Å². The highest BCUT2D eigenvalue weighted by atomic mass is 15.0. The van der Waals surface area contributed by atoms with Crippen LogP contribution >= 0.6 is 0 Å². The van der Waals surface area contributed by atoms with Gasteiger partial charge in [-0.15, -0.1) is 0 Å². The minimum atomic E-state index is 0. The van der Waals surface area contributed by atoms with Crippen molar-refractivity contribution < 1.29 is 0 Å². The van der Waals surface area contributed by atoms with E-state index >= 15 is 0 Å². The summed E-state index contributed by atoms with van der Waals surface area (Å²) in [6.07, 6.45) is 8.96. The molecule has 0 aliphatic rings. The normalized spacial score (nSPS) is 9.90. The summed E-state index contributed by atoms with van der Waals surface area (Å²) in [7, 11) is 0. The van der Waals surface area contributed by atoms with Gasteiger partial charge in [0.2, 0.25) is 5.95 Å². The summed E-state index contributed by atoms with van der Waals surface area (Å²) < 4.78 is 0. The number of hydrogen-bond acceptors (Lipinski definition) is 6. The van der Waals surface area contributed by atoms with Crippen LogP contribution in [-0.2, 0) is 0 Å². The van der Waals surface area contributed by atoms with Gasteiger partial charge >= 0.3 is 0 Å². The number of pyridine rings is 2. The van der Waals surface area contributed by atoms with Gasteiger partial charge in [-0.3, -0.25) is 4.98 Å². The number of nitrogens with two attached hydrogens (primary N) is 2. The predicted octanol–water partition coefficient (Wildman–Crippen LogP) is 5.81. The minimum absolute atomic E-state index is 0. The van der Waals surface area contributed by atoms with E-state index in [1.165, 1.54) is 11.1 Å². The van der Waals surface area contributed by atoms with E-state index < -0.39 is 0 Å². The van der Waals surface area contributed by atoms with Crippen molar-refractivity contribution in [3.8, 4) is 0 Å². The minimum Gasteiger partial charge on any atom is -0.384 e. The molecule has 0 radical (unpaired) electrons. The van der Waals surface area contributed by atoms with Crippen LogP contribution in [-0.4, -0.2) is 19.9 Å². The van der Waals surface area contributed by atoms with Crippen LogP contribution in [0.1, 0.15) is 83.4 Å². The first-order valence-electron chi connectivity index (χ1n) is 9.89. The maximum Gasteiger partial charge on any atom is 0.219 e. The monoisotopic (exact) mass is 410 g/mol. The Balaban J connectivity index is 0.000000414. The van der Waals surface area contributed by atoms with Gasteiger partial charge in [0, 0.05) is 31.0 Å². The lowest BCUT2D eigenvalue weighted by atomic mass is 10.1. The van der Waals surface area contributed by atoms with Crippen molar-refractivity contribution in [2.45, 2.75) is 66.7 Å². The van der Waals surface area contributed by atoms with Crippen LogP contribution in [0.2, 0.25) is 0 Å². The molecule has 0 aliphatic heterocycles. The molecule has 0 fully saturated rings. The van der Waals surface area contributed by atoms with Crippen LogP contribution in [0.3, 0.4) is 0 Å². The van der Waals surface area contributed by atoms with Crippen molar-refractivity contribution >= 4 is 11.8 Å². The Morgan fingerprint density at radius 1 is 0.667 bits per heavy atom. The van der Waals surface area contributed by atoms with Gasteiger partial charge < -0.3 is 11.5 Å². The zero-order valence-electron chi connectivity index (χ0n) is 18.4. The molecule has 0 saturated heterocycles. The Labute approximate surface area is 182 Å². The Kier molecular flexibility index (Phi) is 12.6. The molecule has 4 N–H and O–H groups in total. The fourth-order valence-corrected chi connectivity index (χ4v) is 2.19. The zero-order valence-corrected chi connectivity index (χ0v) is 18.4. The highest BCUT2D eigenvalue weighted by Crippen LogP contribution is 2.14. The van der Waals surface area contributed by atoms with Gasteiger partial charge in [0.1, 0.15) is 5.82 Å². The summed E-state index contributed by atoms with van der Waals surface area (Å²) in [4.78, 5) is 15.6. The zero-order chi connectivity index (χ0) is 21.8. The second-order valence-corrected chi connectivity index (χ2v) is 7.64. The molecule has 3 rings (SSSR count). The topological polar surface area (TPSA) is 104 Å². The predicted molar refractivity (Wildman–Crippen MR) is 128 cm³/mol. The van der Waals surface area contributed by atoms with Crippen molar-refractivity contribution in [1.29, 1.82) is 0 Å². The third-order valence-electron chi connectivity index (χ3n) is 4.18. The van der Waals surface area contributed by atoms with E-state index in [9.17, 15) is 0 Å². The SMILES string of the molecule is C.CC(C)c1cccnc1.CC(C)c1ccnc(N)c1.CC(C)c1cnc(N)nc1. The van der Waals surface area contributed by atoms with Crippen molar-refractivity contribution in [2.75, 3.05) is 11.5 Å². The molecule has 0 aliphatic carbocycles. The molecule has 0 bridgehead atoms. The number of nitrogen functional groups attached to an aromatic ring is 2. The van der Waals surface area contributed by atoms with Crippen molar-refractivity contribution in [3.05, 3.63) is 71.9 Å². The van der Waals surface area contributed by atoms with Crippen LogP contribution in [0.25, 0.3) is 0 Å². The number of hydrogen-bond donors (Lipinski definition) is 2. The summed E-state index contributed by atoms with van der Waals surface area (Å²) in [5.74, 6) is 2.54. The first-order valence-corrected chi connectivity index (χ1v) is 9.89. The summed E-state index contributed by atoms with van der Waals surface area (Å²) in [6, 6.07) is 7.96. The largest absolute Gasteiger partial charge is 0.384 e. The molecule has 3 aromatic rings. The average molecular weight is 411 g/mol. The van der Waals surface area contributed by atoms with Crippen molar-refractivity contribution in [2.24, 2.45) is 0 Å². The van der Waals surface area contributed by atoms with Crippen molar-refractivity contribution in [1.82, 2.24) is 19.9 Å². The van der Waals surface area contributed by atoms with Crippen molar-refractivity contribution in [3.63, 3.8) is 0 Å². The Bertz CT molecular complexity index is 815. The van der Waals surface area contributed by atoms with E-state index in [0.29, 0.717) is 29.5 Å². The molecule has 0 saturated carbocycles. The summed E-state index contributed by atoms with van der Waals surface area (Å²) in [6.45, 7) is 12.8. The van der Waals surface area contributed by atoms with Crippen LogP contribution in [0, 0.1) is 0 Å². The van der Waals surface area contributed by atoms with Gasteiger partial charge in [0.15, 0.2) is 0 Å². The Hall–Kier alpha value is -3.02. The van der Waals surface area contributed by atoms with Crippen LogP contribution in [0.4, 0.5) is 11.8 Å². The average Bonchev–Trinajstić information content (AvgIpc) is 2.70. The fourth-order valence-electron chi connectivity index (χ4n) is 2.19. The van der Waals surface area contributed by atoms with Gasteiger partial charge in [-0.2, -0.15) is 0 Å². The molecule has 0 amide bonds. The molecule has 0 atom stereocenters. The smallest absolute Gasteiger partial charge is 0.219 e. The summed E-state index contributed by atoms with van der Waals surface area (Å²) in [5.41, 5.74) is 14.5. The van der Waals surface area contributed by atoms with Gasteiger partial charge in [-0.25, -0.2) is 15.0 Å². The number of anilines is 2. The molecule has 0 unspecified atom stereocenters. The Morgan fingerprint density at radius 3 is 1.60 bits per heavy atom. The highest BCUT2D eigenvalue weighted by Gasteiger charge is 1.98. The van der Waals surface area contributed by atoms with E-state index in [-0.39, 0.29) is 7.43 Å². The lowest BCUT2D eigenvalue weighted by Crippen LogP contribution is -1.96. The molecule has 164 valence electrons. The summed E-state index contributed by atoms with van der Waals surface area (Å²) >= 11 is 0.